The molecule has 0 amide bonds. The van der Waals surface area contributed by atoms with Gasteiger partial charge in [-0.1, -0.05) is 12.8 Å². The minimum atomic E-state index is -0.731. The van der Waals surface area contributed by atoms with E-state index in [4.69, 9.17) is 0 Å². The molecule has 5 nitrogen and oxygen atoms in total. The Kier molecular flexibility index (Phi) is 3.59. The number of nitrogens with zero attached hydrogens (tertiary/aromatic N) is 3. The number of fused-ring (bicyclic) bond motifs is 1. The summed E-state index contributed by atoms with van der Waals surface area (Å²) in [5.41, 5.74) is 0. The Balaban J connectivity index is 1.97. The summed E-state index contributed by atoms with van der Waals surface area (Å²) in [6.07, 6.45) is 8.24. The average molecular weight is 275 g/mol. The number of anilines is 1. The van der Waals surface area contributed by atoms with Gasteiger partial charge in [0.05, 0.1) is 0 Å². The maximum absolute atomic E-state index is 11.6. The van der Waals surface area contributed by atoms with Gasteiger partial charge in [0.2, 0.25) is 0 Å². The van der Waals surface area contributed by atoms with Crippen LogP contribution in [0.5, 0.6) is 0 Å². The number of hydrogen-bond donors (Lipinski definition) is 1. The molecule has 1 aliphatic heterocycles. The van der Waals surface area contributed by atoms with E-state index in [1.165, 1.54) is 19.3 Å². The molecule has 0 bridgehead atoms. The van der Waals surface area contributed by atoms with Gasteiger partial charge in [0.15, 0.2) is 0 Å². The second-order valence-electron chi connectivity index (χ2n) is 5.91. The zero-order valence-corrected chi connectivity index (χ0v) is 11.8. The number of aliphatic carboxylic acids is 1. The van der Waals surface area contributed by atoms with Gasteiger partial charge in [0, 0.05) is 12.2 Å². The maximum Gasteiger partial charge on any atom is 0.326 e. The third-order valence-electron chi connectivity index (χ3n) is 4.68. The molecule has 1 saturated carbocycles. The molecule has 1 aromatic rings. The molecule has 1 aromatic heterocycles. The van der Waals surface area contributed by atoms with Crippen LogP contribution in [0.3, 0.4) is 0 Å². The molecule has 0 spiro atoms. The second-order valence-corrected chi connectivity index (χ2v) is 5.91. The maximum atomic E-state index is 11.6. The Morgan fingerprint density at radius 2 is 2.10 bits per heavy atom. The Morgan fingerprint density at radius 1 is 1.30 bits per heavy atom. The van der Waals surface area contributed by atoms with Crippen LogP contribution in [0.25, 0.3) is 0 Å². The van der Waals surface area contributed by atoms with Gasteiger partial charge in [0.25, 0.3) is 0 Å². The molecule has 5 heteroatoms. The molecule has 3 unspecified atom stereocenters. The van der Waals surface area contributed by atoms with Crippen molar-refractivity contribution in [2.45, 2.75) is 57.5 Å². The number of rotatable bonds is 2. The first-order valence-electron chi connectivity index (χ1n) is 7.47. The highest BCUT2D eigenvalue weighted by atomic mass is 16.4. The lowest BCUT2D eigenvalue weighted by molar-refractivity contribution is -0.139. The Morgan fingerprint density at radius 3 is 2.85 bits per heavy atom. The smallest absolute Gasteiger partial charge is 0.326 e. The van der Waals surface area contributed by atoms with Crippen molar-refractivity contribution in [3.63, 3.8) is 0 Å². The summed E-state index contributed by atoms with van der Waals surface area (Å²) in [4.78, 5) is 22.3. The minimum absolute atomic E-state index is 0.327. The predicted octanol–water partition coefficient (Wildman–Crippen LogP) is 2.40. The molecule has 1 N–H and O–H groups in total. The largest absolute Gasteiger partial charge is 0.480 e. The van der Waals surface area contributed by atoms with E-state index in [0.29, 0.717) is 17.8 Å². The number of hydrogen-bond acceptors (Lipinski definition) is 4. The fourth-order valence-corrected chi connectivity index (χ4v) is 3.79. The molecule has 2 aliphatic rings. The molecule has 0 aromatic carbocycles. The summed E-state index contributed by atoms with van der Waals surface area (Å²) in [7, 11) is 0. The third kappa shape index (κ3) is 2.37. The summed E-state index contributed by atoms with van der Waals surface area (Å²) in [6, 6.07) is 1.73. The summed E-state index contributed by atoms with van der Waals surface area (Å²) in [6.45, 7) is 1.85. The topological polar surface area (TPSA) is 66.3 Å². The third-order valence-corrected chi connectivity index (χ3v) is 4.68. The van der Waals surface area contributed by atoms with E-state index in [1.54, 1.807) is 6.20 Å². The van der Waals surface area contributed by atoms with E-state index in [9.17, 15) is 9.90 Å². The van der Waals surface area contributed by atoms with Gasteiger partial charge < -0.3 is 10.0 Å². The van der Waals surface area contributed by atoms with Crippen molar-refractivity contribution in [2.75, 3.05) is 4.90 Å². The van der Waals surface area contributed by atoms with Crippen LogP contribution < -0.4 is 4.90 Å². The Labute approximate surface area is 119 Å². The lowest BCUT2D eigenvalue weighted by Gasteiger charge is -2.47. The number of aryl methyl sites for hydroxylation is 1. The highest BCUT2D eigenvalue weighted by Gasteiger charge is 2.42. The van der Waals surface area contributed by atoms with Crippen molar-refractivity contribution >= 4 is 11.8 Å². The zero-order valence-electron chi connectivity index (χ0n) is 11.8. The number of carboxylic acid groups (broad SMARTS) is 1. The second kappa shape index (κ2) is 5.38. The molecular weight excluding hydrogens is 254 g/mol. The van der Waals surface area contributed by atoms with Crippen LogP contribution >= 0.6 is 0 Å². The number of carboxylic acids is 1. The fraction of sp³-hybridized carbons (Fsp3) is 0.667. The van der Waals surface area contributed by atoms with Gasteiger partial charge in [0.1, 0.15) is 17.7 Å². The normalized spacial score (nSPS) is 29.9. The van der Waals surface area contributed by atoms with Crippen molar-refractivity contribution in [1.29, 1.82) is 0 Å². The first-order valence-corrected chi connectivity index (χ1v) is 7.47. The number of piperidine rings is 1. The van der Waals surface area contributed by atoms with Crippen molar-refractivity contribution in [1.82, 2.24) is 9.97 Å². The van der Waals surface area contributed by atoms with E-state index in [-0.39, 0.29) is 0 Å². The summed E-state index contributed by atoms with van der Waals surface area (Å²) in [5.74, 6) is 1.37. The van der Waals surface area contributed by atoms with Gasteiger partial charge >= 0.3 is 5.97 Å². The fourth-order valence-electron chi connectivity index (χ4n) is 3.79. The van der Waals surface area contributed by atoms with E-state index in [0.717, 1.165) is 25.1 Å². The van der Waals surface area contributed by atoms with Gasteiger partial charge in [-0.15, -0.1) is 0 Å². The lowest BCUT2D eigenvalue weighted by Crippen LogP contribution is -2.55. The van der Waals surface area contributed by atoms with E-state index >= 15 is 0 Å². The van der Waals surface area contributed by atoms with Crippen LogP contribution in [0.15, 0.2) is 12.3 Å². The molecule has 20 heavy (non-hydrogen) atoms. The van der Waals surface area contributed by atoms with Gasteiger partial charge in [-0.3, -0.25) is 0 Å². The minimum Gasteiger partial charge on any atom is -0.480 e. The summed E-state index contributed by atoms with van der Waals surface area (Å²) >= 11 is 0. The van der Waals surface area contributed by atoms with Gasteiger partial charge in [-0.25, -0.2) is 14.8 Å². The predicted molar refractivity (Wildman–Crippen MR) is 75.7 cm³/mol. The SMILES string of the molecule is Cc1nccc(N2C(C(=O)O)CCC3CCCCC32)n1. The number of carbonyl (C=O) groups is 1. The van der Waals surface area contributed by atoms with Gasteiger partial charge in [-0.05, 0) is 44.6 Å². The highest BCUT2D eigenvalue weighted by Crippen LogP contribution is 2.39. The van der Waals surface area contributed by atoms with Crippen LogP contribution in [-0.4, -0.2) is 33.1 Å². The summed E-state index contributed by atoms with van der Waals surface area (Å²) < 4.78 is 0. The molecule has 0 radical (unpaired) electrons. The van der Waals surface area contributed by atoms with Crippen LogP contribution in [-0.2, 0) is 4.79 Å². The van der Waals surface area contributed by atoms with Crippen molar-refractivity contribution in [3.8, 4) is 0 Å². The van der Waals surface area contributed by atoms with Crippen LogP contribution in [0.4, 0.5) is 5.82 Å². The van der Waals surface area contributed by atoms with Gasteiger partial charge in [-0.2, -0.15) is 0 Å². The lowest BCUT2D eigenvalue weighted by atomic mass is 9.76. The van der Waals surface area contributed by atoms with Crippen LogP contribution in [0.1, 0.15) is 44.3 Å². The Bertz CT molecular complexity index is 506. The van der Waals surface area contributed by atoms with Crippen LogP contribution in [0, 0.1) is 12.8 Å². The van der Waals surface area contributed by atoms with Crippen molar-refractivity contribution < 1.29 is 9.90 Å². The first-order chi connectivity index (χ1) is 9.66. The van der Waals surface area contributed by atoms with Crippen LogP contribution in [0.2, 0.25) is 0 Å². The Hall–Kier alpha value is -1.65. The molecule has 1 aliphatic carbocycles. The first kappa shape index (κ1) is 13.3. The molecule has 1 saturated heterocycles. The van der Waals surface area contributed by atoms with E-state index in [2.05, 4.69) is 14.9 Å². The molecule has 108 valence electrons. The van der Waals surface area contributed by atoms with Crippen molar-refractivity contribution in [3.05, 3.63) is 18.1 Å². The van der Waals surface area contributed by atoms with Crippen molar-refractivity contribution in [2.24, 2.45) is 5.92 Å². The van der Waals surface area contributed by atoms with E-state index < -0.39 is 12.0 Å². The number of aromatic nitrogens is 2. The highest BCUT2D eigenvalue weighted by molar-refractivity contribution is 5.78. The molecule has 2 fully saturated rings. The average Bonchev–Trinajstić information content (AvgIpc) is 2.46. The molecule has 2 heterocycles. The molecular formula is C15H21N3O2. The standard InChI is InChI=1S/C15H21N3O2/c1-10-16-9-8-14(17-10)18-12-5-3-2-4-11(12)6-7-13(18)15(19)20/h8-9,11-13H,2-7H2,1H3,(H,19,20). The summed E-state index contributed by atoms with van der Waals surface area (Å²) in [5, 5.41) is 9.54. The molecule has 3 rings (SSSR count). The quantitative estimate of drug-likeness (QED) is 0.897. The molecule has 3 atom stereocenters. The monoisotopic (exact) mass is 275 g/mol. The zero-order chi connectivity index (χ0) is 14.1. The van der Waals surface area contributed by atoms with E-state index in [1.807, 2.05) is 13.0 Å².